The largest absolute Gasteiger partial charge is 0.474 e. The number of nitrogens with one attached hydrogen (secondary N) is 1. The fraction of sp³-hybridized carbons (Fsp3) is 0.222. The van der Waals surface area contributed by atoms with Crippen molar-refractivity contribution in [2.24, 2.45) is 0 Å². The Morgan fingerprint density at radius 3 is 2.57 bits per heavy atom. The molecule has 5 heteroatoms. The van der Waals surface area contributed by atoms with Gasteiger partial charge in [-0.1, -0.05) is 0 Å². The number of nitrogens with zero attached hydrogens (tertiary/aromatic N) is 1. The van der Waals surface area contributed by atoms with Crippen LogP contribution in [0.4, 0.5) is 0 Å². The lowest BCUT2D eigenvalue weighted by atomic mass is 10.2. The van der Waals surface area contributed by atoms with Crippen molar-refractivity contribution < 1.29 is 14.7 Å². The van der Waals surface area contributed by atoms with Gasteiger partial charge >= 0.3 is 11.9 Å². The highest BCUT2D eigenvalue weighted by atomic mass is 16.4. The van der Waals surface area contributed by atoms with Gasteiger partial charge < -0.3 is 10.4 Å². The van der Waals surface area contributed by atoms with Gasteiger partial charge in [0.1, 0.15) is 0 Å². The molecule has 2 N–H and O–H groups in total. The highest BCUT2D eigenvalue weighted by Crippen LogP contribution is 1.95. The van der Waals surface area contributed by atoms with E-state index in [0.29, 0.717) is 13.0 Å². The van der Waals surface area contributed by atoms with Gasteiger partial charge in [-0.2, -0.15) is 0 Å². The van der Waals surface area contributed by atoms with E-state index >= 15 is 0 Å². The van der Waals surface area contributed by atoms with Crippen molar-refractivity contribution in [3.63, 3.8) is 0 Å². The quantitative estimate of drug-likeness (QED) is 0.654. The Morgan fingerprint density at radius 1 is 1.36 bits per heavy atom. The molecule has 1 aromatic heterocycles. The Bertz CT molecular complexity index is 324. The van der Waals surface area contributed by atoms with Crippen LogP contribution < -0.4 is 5.32 Å². The third-order valence-electron chi connectivity index (χ3n) is 1.64. The van der Waals surface area contributed by atoms with Crippen molar-refractivity contribution >= 4 is 11.9 Å². The number of carbonyl (C=O) groups is 2. The van der Waals surface area contributed by atoms with Gasteiger partial charge in [-0.05, 0) is 24.1 Å². The number of carboxylic acids is 1. The van der Waals surface area contributed by atoms with Gasteiger partial charge in [0.05, 0.1) is 0 Å². The van der Waals surface area contributed by atoms with Crippen molar-refractivity contribution in [3.8, 4) is 0 Å². The molecule has 0 fully saturated rings. The Kier molecular flexibility index (Phi) is 3.60. The highest BCUT2D eigenvalue weighted by molar-refractivity contribution is 6.31. The summed E-state index contributed by atoms with van der Waals surface area (Å²) in [5.41, 5.74) is 1.01. The number of pyridine rings is 1. The fourth-order valence-electron chi connectivity index (χ4n) is 0.945. The predicted octanol–water partition coefficient (Wildman–Crippen LogP) is -0.175. The fourth-order valence-corrected chi connectivity index (χ4v) is 0.945. The Hall–Kier alpha value is -1.91. The lowest BCUT2D eigenvalue weighted by Gasteiger charge is -2.01. The van der Waals surface area contributed by atoms with E-state index in [-0.39, 0.29) is 0 Å². The van der Waals surface area contributed by atoms with E-state index in [1.807, 2.05) is 12.1 Å². The van der Waals surface area contributed by atoms with Crippen LogP contribution in [0.1, 0.15) is 5.56 Å². The molecule has 1 rings (SSSR count). The molecule has 0 bridgehead atoms. The summed E-state index contributed by atoms with van der Waals surface area (Å²) in [5, 5.41) is 10.5. The average molecular weight is 194 g/mol. The molecule has 14 heavy (non-hydrogen) atoms. The van der Waals surface area contributed by atoms with Crippen molar-refractivity contribution in [2.75, 3.05) is 6.54 Å². The van der Waals surface area contributed by atoms with Crippen LogP contribution in [0.15, 0.2) is 24.5 Å². The summed E-state index contributed by atoms with van der Waals surface area (Å²) < 4.78 is 0. The molecule has 0 saturated heterocycles. The smallest absolute Gasteiger partial charge is 0.394 e. The standard InChI is InChI=1S/C9H10N2O3/c12-8(9(13)14)11-6-3-7-1-4-10-5-2-7/h1-2,4-5H,3,6H2,(H,11,12)(H,13,14). The van der Waals surface area contributed by atoms with E-state index in [1.54, 1.807) is 12.4 Å². The van der Waals surface area contributed by atoms with Gasteiger partial charge in [0.25, 0.3) is 0 Å². The van der Waals surface area contributed by atoms with Crippen molar-refractivity contribution in [1.82, 2.24) is 10.3 Å². The molecular formula is C9H10N2O3. The van der Waals surface area contributed by atoms with E-state index < -0.39 is 11.9 Å². The van der Waals surface area contributed by atoms with Gasteiger partial charge in [-0.15, -0.1) is 0 Å². The van der Waals surface area contributed by atoms with E-state index in [4.69, 9.17) is 5.11 Å². The van der Waals surface area contributed by atoms with Crippen LogP contribution in [0.3, 0.4) is 0 Å². The normalized spacial score (nSPS) is 9.43. The zero-order valence-electron chi connectivity index (χ0n) is 7.43. The second kappa shape index (κ2) is 4.96. The molecule has 0 saturated carbocycles. The first-order chi connectivity index (χ1) is 6.70. The predicted molar refractivity (Wildman–Crippen MR) is 48.6 cm³/mol. The maximum absolute atomic E-state index is 10.6. The number of aliphatic carboxylic acids is 1. The number of amides is 1. The summed E-state index contributed by atoms with van der Waals surface area (Å²) >= 11 is 0. The molecule has 0 unspecified atom stereocenters. The molecule has 5 nitrogen and oxygen atoms in total. The van der Waals surface area contributed by atoms with E-state index in [9.17, 15) is 9.59 Å². The summed E-state index contributed by atoms with van der Waals surface area (Å²) in [4.78, 5) is 24.6. The molecule has 74 valence electrons. The van der Waals surface area contributed by atoms with Gasteiger partial charge in [-0.25, -0.2) is 4.79 Å². The first-order valence-electron chi connectivity index (χ1n) is 4.10. The molecule has 0 radical (unpaired) electrons. The average Bonchev–Trinajstić information content (AvgIpc) is 2.19. The zero-order chi connectivity index (χ0) is 10.4. The number of hydrogen-bond acceptors (Lipinski definition) is 3. The lowest BCUT2D eigenvalue weighted by Crippen LogP contribution is -2.32. The van der Waals surface area contributed by atoms with Crippen LogP contribution in [0.25, 0.3) is 0 Å². The van der Waals surface area contributed by atoms with E-state index in [1.165, 1.54) is 0 Å². The van der Waals surface area contributed by atoms with E-state index in [0.717, 1.165) is 5.56 Å². The molecule has 0 aliphatic carbocycles. The van der Waals surface area contributed by atoms with Crippen LogP contribution in [0.5, 0.6) is 0 Å². The monoisotopic (exact) mass is 194 g/mol. The summed E-state index contributed by atoms with van der Waals surface area (Å²) in [7, 11) is 0. The van der Waals surface area contributed by atoms with Gasteiger partial charge in [0, 0.05) is 18.9 Å². The highest BCUT2D eigenvalue weighted by Gasteiger charge is 2.08. The second-order valence-corrected chi connectivity index (χ2v) is 2.67. The maximum atomic E-state index is 10.6. The van der Waals surface area contributed by atoms with Crippen LogP contribution in [-0.4, -0.2) is 28.5 Å². The number of carbonyl (C=O) groups excluding carboxylic acids is 1. The minimum atomic E-state index is -1.46. The Labute approximate surface area is 80.8 Å². The number of rotatable bonds is 3. The summed E-state index contributed by atoms with van der Waals surface area (Å²) in [6.45, 7) is 0.315. The topological polar surface area (TPSA) is 79.3 Å². The molecule has 1 amide bonds. The number of hydrogen-bond donors (Lipinski definition) is 2. The van der Waals surface area contributed by atoms with Gasteiger partial charge in [0.2, 0.25) is 0 Å². The molecule has 0 aliphatic rings. The first-order valence-corrected chi connectivity index (χ1v) is 4.10. The lowest BCUT2D eigenvalue weighted by molar-refractivity contribution is -0.150. The minimum absolute atomic E-state index is 0.315. The van der Waals surface area contributed by atoms with Gasteiger partial charge in [0.15, 0.2) is 0 Å². The Balaban J connectivity index is 2.29. The second-order valence-electron chi connectivity index (χ2n) is 2.67. The Morgan fingerprint density at radius 2 is 2.00 bits per heavy atom. The van der Waals surface area contributed by atoms with Crippen molar-refractivity contribution in [1.29, 1.82) is 0 Å². The molecule has 1 heterocycles. The molecular weight excluding hydrogens is 184 g/mol. The van der Waals surface area contributed by atoms with Gasteiger partial charge in [-0.3, -0.25) is 9.78 Å². The third-order valence-corrected chi connectivity index (χ3v) is 1.64. The summed E-state index contributed by atoms with van der Waals surface area (Å²) in [6, 6.07) is 3.62. The third kappa shape index (κ3) is 3.22. The summed E-state index contributed by atoms with van der Waals surface area (Å²) in [6.07, 6.45) is 3.89. The zero-order valence-corrected chi connectivity index (χ0v) is 7.43. The van der Waals surface area contributed by atoms with Crippen LogP contribution in [0, 0.1) is 0 Å². The maximum Gasteiger partial charge on any atom is 0.394 e. The molecule has 0 aromatic carbocycles. The van der Waals surface area contributed by atoms with Crippen molar-refractivity contribution in [2.45, 2.75) is 6.42 Å². The van der Waals surface area contributed by atoms with Crippen molar-refractivity contribution in [3.05, 3.63) is 30.1 Å². The molecule has 0 atom stereocenters. The number of aromatic nitrogens is 1. The molecule has 0 aliphatic heterocycles. The van der Waals surface area contributed by atoms with Crippen LogP contribution >= 0.6 is 0 Å². The van der Waals surface area contributed by atoms with Crippen LogP contribution in [-0.2, 0) is 16.0 Å². The molecule has 1 aromatic rings. The molecule has 0 spiro atoms. The van der Waals surface area contributed by atoms with Crippen LogP contribution in [0.2, 0.25) is 0 Å². The summed E-state index contributed by atoms with van der Waals surface area (Å²) in [5.74, 6) is -2.43. The first kappa shape index (κ1) is 10.2. The number of carboxylic acid groups (broad SMARTS) is 1. The minimum Gasteiger partial charge on any atom is -0.474 e. The van der Waals surface area contributed by atoms with E-state index in [2.05, 4.69) is 10.3 Å². The SMILES string of the molecule is O=C(O)C(=O)NCCc1ccncc1.